The summed E-state index contributed by atoms with van der Waals surface area (Å²) in [4.78, 5) is 0. The van der Waals surface area contributed by atoms with Crippen LogP contribution in [0.15, 0.2) is 18.5 Å². The van der Waals surface area contributed by atoms with Crippen molar-refractivity contribution in [1.82, 2.24) is 4.68 Å². The second-order valence-corrected chi connectivity index (χ2v) is 2.03. The van der Waals surface area contributed by atoms with Crippen LogP contribution in [-0.2, 0) is 17.7 Å². The van der Waals surface area contributed by atoms with E-state index in [1.807, 2.05) is 34.7 Å². The summed E-state index contributed by atoms with van der Waals surface area (Å²) in [5, 5.41) is 0. The third-order valence-corrected chi connectivity index (χ3v) is 1.43. The van der Waals surface area contributed by atoms with Crippen LogP contribution in [0.3, 0.4) is 0 Å². The minimum absolute atomic E-state index is 0.445. The Morgan fingerprint density at radius 3 is 3.10 bits per heavy atom. The first kappa shape index (κ1) is 7.19. The Morgan fingerprint density at radius 1 is 1.70 bits per heavy atom. The van der Waals surface area contributed by atoms with Crippen molar-refractivity contribution in [3.8, 4) is 0 Å². The van der Waals surface area contributed by atoms with Crippen molar-refractivity contribution in [1.29, 1.82) is 0 Å². The van der Waals surface area contributed by atoms with Crippen molar-refractivity contribution in [3.05, 3.63) is 18.5 Å². The molecule has 1 aromatic rings. The number of aryl methyl sites for hydroxylation is 1. The zero-order valence-electron chi connectivity index (χ0n) is 6.03. The van der Waals surface area contributed by atoms with E-state index in [1.54, 1.807) is 0 Å². The second kappa shape index (κ2) is 3.30. The maximum atomic E-state index is 10.1. The first-order valence-electron chi connectivity index (χ1n) is 3.37. The van der Waals surface area contributed by atoms with Crippen molar-refractivity contribution >= 4 is 7.15 Å². The summed E-state index contributed by atoms with van der Waals surface area (Å²) >= 11 is 0. The van der Waals surface area contributed by atoms with Gasteiger partial charge < -0.3 is 0 Å². The molecular formula is C6H10BN2O+. The van der Waals surface area contributed by atoms with Gasteiger partial charge in [0.25, 0.3) is 0 Å². The normalized spacial score (nSPS) is 9.30. The quantitative estimate of drug-likeness (QED) is 0.418. The van der Waals surface area contributed by atoms with Crippen LogP contribution in [0.1, 0.15) is 6.92 Å². The van der Waals surface area contributed by atoms with E-state index in [4.69, 9.17) is 0 Å². The molecule has 1 heterocycles. The molecule has 3 nitrogen and oxygen atoms in total. The van der Waals surface area contributed by atoms with Gasteiger partial charge in [-0.15, -0.1) is 0 Å². The Morgan fingerprint density at radius 2 is 2.50 bits per heavy atom. The second-order valence-electron chi connectivity index (χ2n) is 2.03. The molecule has 4 heteroatoms. The molecule has 0 bridgehead atoms. The summed E-state index contributed by atoms with van der Waals surface area (Å²) in [5.41, 5.74) is 0. The molecule has 0 spiro atoms. The molecule has 0 atom stereocenters. The van der Waals surface area contributed by atoms with Gasteiger partial charge in [-0.05, 0) is 0 Å². The van der Waals surface area contributed by atoms with Crippen LogP contribution in [0.2, 0.25) is 0 Å². The Labute approximate surface area is 60.5 Å². The fraction of sp³-hybridized carbons (Fsp3) is 0.500. The summed E-state index contributed by atoms with van der Waals surface area (Å²) in [7, 11) is 0.895. The van der Waals surface area contributed by atoms with Gasteiger partial charge in [0.05, 0.1) is 0 Å². The molecule has 1 aromatic heterocycles. The first-order valence-corrected chi connectivity index (χ1v) is 3.37. The number of aromatic nitrogens is 2. The molecule has 1 rings (SSSR count). The number of hydrogen-bond acceptors (Lipinski definition) is 1. The predicted octanol–water partition coefficient (Wildman–Crippen LogP) is -0.197. The van der Waals surface area contributed by atoms with E-state index in [0.717, 1.165) is 13.7 Å². The minimum atomic E-state index is 0.445. The average Bonchev–Trinajstić information content (AvgIpc) is 2.36. The van der Waals surface area contributed by atoms with Gasteiger partial charge >= 0.3 is 59.6 Å². The molecule has 0 unspecified atom stereocenters. The van der Waals surface area contributed by atoms with Gasteiger partial charge in [0.2, 0.25) is 0 Å². The van der Waals surface area contributed by atoms with E-state index in [2.05, 4.69) is 0 Å². The van der Waals surface area contributed by atoms with Gasteiger partial charge in [0, 0.05) is 0 Å². The molecule has 0 saturated heterocycles. The van der Waals surface area contributed by atoms with E-state index >= 15 is 0 Å². The third-order valence-electron chi connectivity index (χ3n) is 1.43. The topological polar surface area (TPSA) is 25.9 Å². The Kier molecular flexibility index (Phi) is 2.37. The summed E-state index contributed by atoms with van der Waals surface area (Å²) in [6, 6.07) is 1.92. The standard InChI is InChI=1S/C6H10BN2O/c1-2-8-4-3-5-9(8)6-7-10/h3-5H,2,6H2,1H3/q+1. The fourth-order valence-corrected chi connectivity index (χ4v) is 0.938. The fourth-order valence-electron chi connectivity index (χ4n) is 0.938. The SMILES string of the molecule is CCn1ccc[n+]1CB=O. The van der Waals surface area contributed by atoms with Crippen molar-refractivity contribution < 1.29 is 9.39 Å². The Balaban J connectivity index is 2.79. The van der Waals surface area contributed by atoms with Crippen LogP contribution in [0.4, 0.5) is 0 Å². The van der Waals surface area contributed by atoms with E-state index < -0.39 is 0 Å². The van der Waals surface area contributed by atoms with Gasteiger partial charge in [0.15, 0.2) is 0 Å². The molecule has 0 aliphatic carbocycles. The van der Waals surface area contributed by atoms with Crippen molar-refractivity contribution in [2.75, 3.05) is 0 Å². The van der Waals surface area contributed by atoms with Crippen LogP contribution >= 0.6 is 0 Å². The number of hydrogen-bond donors (Lipinski definition) is 0. The zero-order chi connectivity index (χ0) is 7.40. The van der Waals surface area contributed by atoms with Gasteiger partial charge in [-0.3, -0.25) is 0 Å². The van der Waals surface area contributed by atoms with Gasteiger partial charge in [-0.2, -0.15) is 0 Å². The summed E-state index contributed by atoms with van der Waals surface area (Å²) in [5.74, 6) is 0. The maximum absolute atomic E-state index is 10.1. The van der Waals surface area contributed by atoms with Gasteiger partial charge in [0.1, 0.15) is 0 Å². The van der Waals surface area contributed by atoms with Crippen LogP contribution < -0.4 is 4.68 Å². The zero-order valence-corrected chi connectivity index (χ0v) is 6.03. The van der Waals surface area contributed by atoms with Gasteiger partial charge in [-0.1, -0.05) is 0 Å². The van der Waals surface area contributed by atoms with Crippen molar-refractivity contribution in [2.24, 2.45) is 0 Å². The van der Waals surface area contributed by atoms with E-state index in [0.29, 0.717) is 6.44 Å². The molecular weight excluding hydrogens is 127 g/mol. The van der Waals surface area contributed by atoms with Crippen molar-refractivity contribution in [3.63, 3.8) is 0 Å². The van der Waals surface area contributed by atoms with Crippen LogP contribution in [0.25, 0.3) is 0 Å². The van der Waals surface area contributed by atoms with Crippen LogP contribution in [0, 0.1) is 0 Å². The molecule has 0 N–H and O–H groups in total. The molecule has 0 aliphatic heterocycles. The molecule has 0 aliphatic rings. The number of nitrogens with zero attached hydrogens (tertiary/aromatic N) is 2. The molecule has 0 fully saturated rings. The van der Waals surface area contributed by atoms with Gasteiger partial charge in [-0.25, -0.2) is 0 Å². The monoisotopic (exact) mass is 137 g/mol. The number of rotatable bonds is 3. The molecule has 0 amide bonds. The van der Waals surface area contributed by atoms with Crippen LogP contribution in [-0.4, -0.2) is 11.8 Å². The molecule has 52 valence electrons. The summed E-state index contributed by atoms with van der Waals surface area (Å²) in [6.45, 7) is 2.95. The van der Waals surface area contributed by atoms with Crippen LogP contribution in [0.5, 0.6) is 0 Å². The molecule has 0 aromatic carbocycles. The molecule has 10 heavy (non-hydrogen) atoms. The summed E-state index contributed by atoms with van der Waals surface area (Å²) < 4.78 is 14.0. The molecule has 0 saturated carbocycles. The molecule has 0 radical (unpaired) electrons. The summed E-state index contributed by atoms with van der Waals surface area (Å²) in [6.07, 6.45) is 4.28. The Hall–Kier alpha value is -0.925. The predicted molar refractivity (Wildman–Crippen MR) is 36.7 cm³/mol. The Bertz CT molecular complexity index is 221. The van der Waals surface area contributed by atoms with E-state index in [1.165, 1.54) is 0 Å². The first-order chi connectivity index (χ1) is 4.88. The van der Waals surface area contributed by atoms with E-state index in [-0.39, 0.29) is 0 Å². The average molecular weight is 137 g/mol. The van der Waals surface area contributed by atoms with Crippen molar-refractivity contribution in [2.45, 2.75) is 19.9 Å². The third kappa shape index (κ3) is 1.32. The van der Waals surface area contributed by atoms with E-state index in [9.17, 15) is 4.70 Å².